The van der Waals surface area contributed by atoms with Gasteiger partial charge in [0.1, 0.15) is 0 Å². The van der Waals surface area contributed by atoms with E-state index in [1.54, 1.807) is 13.8 Å². The minimum absolute atomic E-state index is 0.189. The van der Waals surface area contributed by atoms with Crippen LogP contribution in [0.15, 0.2) is 18.2 Å². The molecule has 1 rings (SSSR count). The molecule has 0 bridgehead atoms. The van der Waals surface area contributed by atoms with Crippen molar-refractivity contribution in [2.45, 2.75) is 46.5 Å². The van der Waals surface area contributed by atoms with Gasteiger partial charge in [-0.05, 0) is 37.0 Å². The van der Waals surface area contributed by atoms with Crippen LogP contribution in [0.4, 0.5) is 0 Å². The van der Waals surface area contributed by atoms with Crippen LogP contribution in [0.5, 0.6) is 0 Å². The molecule has 0 radical (unpaired) electrons. The zero-order valence-corrected chi connectivity index (χ0v) is 13.1. The second-order valence-electron chi connectivity index (χ2n) is 4.82. The smallest absolute Gasteiger partial charge is 0.310 e. The number of aryl methyl sites for hydroxylation is 1. The summed E-state index contributed by atoms with van der Waals surface area (Å²) >= 11 is 0. The van der Waals surface area contributed by atoms with Gasteiger partial charge in [-0.15, -0.1) is 0 Å². The Morgan fingerprint density at radius 3 is 2.00 bits per heavy atom. The SMILES string of the molecule is CCCc1ccc(CC(=O)OCC)c(CC(=O)OCC)c1. The van der Waals surface area contributed by atoms with Crippen molar-refractivity contribution >= 4 is 11.9 Å². The highest BCUT2D eigenvalue weighted by atomic mass is 16.5. The predicted molar refractivity (Wildman–Crippen MR) is 81.1 cm³/mol. The number of hydrogen-bond acceptors (Lipinski definition) is 4. The molecule has 21 heavy (non-hydrogen) atoms. The molecule has 0 heterocycles. The van der Waals surface area contributed by atoms with Gasteiger partial charge in [-0.1, -0.05) is 31.5 Å². The fraction of sp³-hybridized carbons (Fsp3) is 0.529. The third-order valence-electron chi connectivity index (χ3n) is 3.09. The highest BCUT2D eigenvalue weighted by Crippen LogP contribution is 2.16. The molecular weight excluding hydrogens is 268 g/mol. The van der Waals surface area contributed by atoms with Crippen LogP contribution in [0.2, 0.25) is 0 Å². The van der Waals surface area contributed by atoms with E-state index in [1.807, 2.05) is 18.2 Å². The fourth-order valence-corrected chi connectivity index (χ4v) is 2.20. The van der Waals surface area contributed by atoms with Gasteiger partial charge in [0.25, 0.3) is 0 Å². The third-order valence-corrected chi connectivity index (χ3v) is 3.09. The predicted octanol–water partition coefficient (Wildman–Crippen LogP) is 2.85. The monoisotopic (exact) mass is 292 g/mol. The number of carbonyl (C=O) groups excluding carboxylic acids is 2. The molecule has 1 aromatic carbocycles. The molecule has 4 heteroatoms. The zero-order valence-electron chi connectivity index (χ0n) is 13.1. The summed E-state index contributed by atoms with van der Waals surface area (Å²) in [5.74, 6) is -0.540. The Labute approximate surface area is 126 Å². The number of hydrogen-bond donors (Lipinski definition) is 0. The van der Waals surface area contributed by atoms with Crippen molar-refractivity contribution < 1.29 is 19.1 Å². The zero-order chi connectivity index (χ0) is 15.7. The first-order valence-corrected chi connectivity index (χ1v) is 7.52. The Balaban J connectivity index is 2.93. The molecule has 0 atom stereocenters. The van der Waals surface area contributed by atoms with Gasteiger partial charge in [0.2, 0.25) is 0 Å². The molecule has 1 aromatic rings. The lowest BCUT2D eigenvalue weighted by Gasteiger charge is -2.11. The molecule has 0 aliphatic carbocycles. The molecule has 0 spiro atoms. The van der Waals surface area contributed by atoms with Crippen molar-refractivity contribution in [3.05, 3.63) is 34.9 Å². The number of esters is 2. The lowest BCUT2D eigenvalue weighted by molar-refractivity contribution is -0.143. The van der Waals surface area contributed by atoms with Gasteiger partial charge >= 0.3 is 11.9 Å². The van der Waals surface area contributed by atoms with E-state index in [9.17, 15) is 9.59 Å². The quantitative estimate of drug-likeness (QED) is 0.691. The minimum atomic E-state index is -0.272. The van der Waals surface area contributed by atoms with E-state index in [4.69, 9.17) is 9.47 Å². The van der Waals surface area contributed by atoms with E-state index in [0.717, 1.165) is 24.0 Å². The van der Waals surface area contributed by atoms with Gasteiger partial charge in [-0.25, -0.2) is 0 Å². The summed E-state index contributed by atoms with van der Waals surface area (Å²) in [6.07, 6.45) is 2.38. The molecular formula is C17H24O4. The van der Waals surface area contributed by atoms with Crippen LogP contribution in [-0.2, 0) is 38.3 Å². The highest BCUT2D eigenvalue weighted by Gasteiger charge is 2.13. The molecule has 0 saturated heterocycles. The molecule has 0 aliphatic heterocycles. The molecule has 0 fully saturated rings. The maximum absolute atomic E-state index is 11.7. The normalized spacial score (nSPS) is 10.2. The van der Waals surface area contributed by atoms with Crippen LogP contribution in [-0.4, -0.2) is 25.2 Å². The van der Waals surface area contributed by atoms with Crippen LogP contribution < -0.4 is 0 Å². The third kappa shape index (κ3) is 5.98. The van der Waals surface area contributed by atoms with Crippen molar-refractivity contribution in [2.24, 2.45) is 0 Å². The van der Waals surface area contributed by atoms with Crippen molar-refractivity contribution in [1.82, 2.24) is 0 Å². The molecule has 4 nitrogen and oxygen atoms in total. The summed E-state index contributed by atoms with van der Waals surface area (Å²) < 4.78 is 9.97. The Morgan fingerprint density at radius 1 is 0.905 bits per heavy atom. The van der Waals surface area contributed by atoms with Gasteiger partial charge in [-0.3, -0.25) is 9.59 Å². The van der Waals surface area contributed by atoms with E-state index in [0.29, 0.717) is 13.2 Å². The molecule has 0 aromatic heterocycles. The average molecular weight is 292 g/mol. The molecule has 0 unspecified atom stereocenters. The van der Waals surface area contributed by atoms with Gasteiger partial charge in [0.15, 0.2) is 0 Å². The van der Waals surface area contributed by atoms with E-state index in [-0.39, 0.29) is 24.8 Å². The van der Waals surface area contributed by atoms with Crippen LogP contribution in [0, 0.1) is 0 Å². The number of rotatable bonds is 8. The van der Waals surface area contributed by atoms with E-state index in [2.05, 4.69) is 6.92 Å². The summed E-state index contributed by atoms with van der Waals surface area (Å²) in [6, 6.07) is 5.91. The lowest BCUT2D eigenvalue weighted by atomic mass is 9.97. The summed E-state index contributed by atoms with van der Waals surface area (Å²) in [5.41, 5.74) is 2.86. The number of ether oxygens (including phenoxy) is 2. The first kappa shape index (κ1) is 17.2. The van der Waals surface area contributed by atoms with E-state index < -0.39 is 0 Å². The Kier molecular flexibility index (Phi) is 7.51. The van der Waals surface area contributed by atoms with Gasteiger partial charge in [0, 0.05) is 0 Å². The number of carbonyl (C=O) groups is 2. The maximum Gasteiger partial charge on any atom is 0.310 e. The molecule has 0 saturated carbocycles. The van der Waals surface area contributed by atoms with Gasteiger partial charge in [0.05, 0.1) is 26.1 Å². The largest absolute Gasteiger partial charge is 0.466 e. The van der Waals surface area contributed by atoms with E-state index >= 15 is 0 Å². The molecule has 0 aliphatic rings. The minimum Gasteiger partial charge on any atom is -0.466 e. The second-order valence-corrected chi connectivity index (χ2v) is 4.82. The standard InChI is InChI=1S/C17H24O4/c1-4-7-13-8-9-14(11-16(18)20-5-2)15(10-13)12-17(19)21-6-3/h8-10H,4-7,11-12H2,1-3H3. The first-order valence-electron chi connectivity index (χ1n) is 7.52. The highest BCUT2D eigenvalue weighted by molar-refractivity contribution is 5.76. The average Bonchev–Trinajstić information content (AvgIpc) is 2.42. The second kappa shape index (κ2) is 9.16. The Hall–Kier alpha value is -1.84. The molecule has 0 amide bonds. The summed E-state index contributed by atoms with van der Waals surface area (Å²) in [6.45, 7) is 6.39. The van der Waals surface area contributed by atoms with Gasteiger partial charge in [-0.2, -0.15) is 0 Å². The van der Waals surface area contributed by atoms with Crippen molar-refractivity contribution in [1.29, 1.82) is 0 Å². The molecule has 0 N–H and O–H groups in total. The summed E-state index contributed by atoms with van der Waals surface area (Å²) in [4.78, 5) is 23.4. The fourth-order valence-electron chi connectivity index (χ4n) is 2.20. The van der Waals surface area contributed by atoms with Crippen LogP contribution >= 0.6 is 0 Å². The maximum atomic E-state index is 11.7. The lowest BCUT2D eigenvalue weighted by Crippen LogP contribution is -2.13. The van der Waals surface area contributed by atoms with Crippen molar-refractivity contribution in [2.75, 3.05) is 13.2 Å². The van der Waals surface area contributed by atoms with Gasteiger partial charge < -0.3 is 9.47 Å². The van der Waals surface area contributed by atoms with Crippen LogP contribution in [0.3, 0.4) is 0 Å². The van der Waals surface area contributed by atoms with Crippen molar-refractivity contribution in [3.63, 3.8) is 0 Å². The summed E-state index contributed by atoms with van der Waals surface area (Å²) in [7, 11) is 0. The van der Waals surface area contributed by atoms with Crippen LogP contribution in [0.25, 0.3) is 0 Å². The Bertz CT molecular complexity index is 480. The molecule has 116 valence electrons. The van der Waals surface area contributed by atoms with Crippen LogP contribution in [0.1, 0.15) is 43.9 Å². The van der Waals surface area contributed by atoms with E-state index in [1.165, 1.54) is 5.56 Å². The van der Waals surface area contributed by atoms with Crippen molar-refractivity contribution in [3.8, 4) is 0 Å². The number of benzene rings is 1. The summed E-state index contributed by atoms with van der Waals surface area (Å²) in [5, 5.41) is 0. The topological polar surface area (TPSA) is 52.6 Å². The Morgan fingerprint density at radius 2 is 1.48 bits per heavy atom. The first-order chi connectivity index (χ1) is 10.1.